The van der Waals surface area contributed by atoms with Crippen LogP contribution >= 0.6 is 23.2 Å². The zero-order chi connectivity index (χ0) is 16.3. The van der Waals surface area contributed by atoms with Gasteiger partial charge >= 0.3 is 0 Å². The number of hydrogen-bond acceptors (Lipinski definition) is 3. The average molecular weight is 360 g/mol. The van der Waals surface area contributed by atoms with Gasteiger partial charge in [-0.1, -0.05) is 35.3 Å². The Labute approximate surface area is 140 Å². The summed E-state index contributed by atoms with van der Waals surface area (Å²) in [5, 5.41) is 0.838. The molecule has 1 atom stereocenters. The van der Waals surface area contributed by atoms with E-state index in [1.807, 2.05) is 0 Å². The van der Waals surface area contributed by atoms with Crippen molar-refractivity contribution in [1.82, 2.24) is 4.72 Å². The zero-order valence-corrected chi connectivity index (χ0v) is 14.3. The van der Waals surface area contributed by atoms with Crippen molar-refractivity contribution in [2.75, 3.05) is 7.11 Å². The van der Waals surface area contributed by atoms with Crippen LogP contribution in [0.5, 0.6) is 5.75 Å². The third-order valence-corrected chi connectivity index (χ3v) is 5.22. The van der Waals surface area contributed by atoms with Gasteiger partial charge < -0.3 is 4.74 Å². The summed E-state index contributed by atoms with van der Waals surface area (Å²) in [6.07, 6.45) is 0. The molecule has 22 heavy (non-hydrogen) atoms. The van der Waals surface area contributed by atoms with Crippen molar-refractivity contribution in [2.45, 2.75) is 17.9 Å². The maximum atomic E-state index is 12.4. The van der Waals surface area contributed by atoms with Crippen molar-refractivity contribution < 1.29 is 13.2 Å². The lowest BCUT2D eigenvalue weighted by Crippen LogP contribution is -2.26. The number of rotatable bonds is 5. The molecule has 1 N–H and O–H groups in total. The van der Waals surface area contributed by atoms with Crippen LogP contribution in [0.3, 0.4) is 0 Å². The molecule has 2 aromatic rings. The van der Waals surface area contributed by atoms with Gasteiger partial charge in [-0.15, -0.1) is 0 Å². The first-order valence-electron chi connectivity index (χ1n) is 6.45. The molecule has 2 rings (SSSR count). The van der Waals surface area contributed by atoms with Gasteiger partial charge in [-0.2, -0.15) is 0 Å². The van der Waals surface area contributed by atoms with E-state index in [9.17, 15) is 8.42 Å². The first-order chi connectivity index (χ1) is 10.3. The van der Waals surface area contributed by atoms with Crippen molar-refractivity contribution in [3.63, 3.8) is 0 Å². The molecule has 118 valence electrons. The molecule has 0 bridgehead atoms. The van der Waals surface area contributed by atoms with Gasteiger partial charge in [-0.05, 0) is 42.8 Å². The maximum Gasteiger partial charge on any atom is 0.241 e. The summed E-state index contributed by atoms with van der Waals surface area (Å²) in [4.78, 5) is 0.0825. The van der Waals surface area contributed by atoms with Crippen LogP contribution in [0.4, 0.5) is 0 Å². The van der Waals surface area contributed by atoms with Gasteiger partial charge in [0, 0.05) is 11.1 Å². The first kappa shape index (κ1) is 17.1. The largest absolute Gasteiger partial charge is 0.495 e. The Morgan fingerprint density at radius 2 is 1.73 bits per heavy atom. The molecule has 1 unspecified atom stereocenters. The van der Waals surface area contributed by atoms with E-state index in [2.05, 4.69) is 4.72 Å². The number of benzene rings is 2. The first-order valence-corrected chi connectivity index (χ1v) is 8.69. The molecular weight excluding hydrogens is 345 g/mol. The van der Waals surface area contributed by atoms with Gasteiger partial charge in [0.2, 0.25) is 10.0 Å². The predicted octanol–water partition coefficient (Wildman–Crippen LogP) is 4.04. The van der Waals surface area contributed by atoms with Gasteiger partial charge in [0.25, 0.3) is 0 Å². The SMILES string of the molecule is COc1ccc(S(=O)(=O)NC(C)c2ccc(Cl)cc2)cc1Cl. The van der Waals surface area contributed by atoms with E-state index in [4.69, 9.17) is 27.9 Å². The lowest BCUT2D eigenvalue weighted by atomic mass is 10.1. The molecule has 4 nitrogen and oxygen atoms in total. The fourth-order valence-electron chi connectivity index (χ4n) is 1.93. The van der Waals surface area contributed by atoms with E-state index in [0.29, 0.717) is 10.8 Å². The smallest absolute Gasteiger partial charge is 0.241 e. The van der Waals surface area contributed by atoms with Gasteiger partial charge in [-0.3, -0.25) is 0 Å². The molecule has 0 fully saturated rings. The summed E-state index contributed by atoms with van der Waals surface area (Å²) in [5.74, 6) is 0.423. The molecule has 0 aliphatic carbocycles. The number of halogens is 2. The van der Waals surface area contributed by atoms with Crippen LogP contribution in [0.25, 0.3) is 0 Å². The highest BCUT2D eigenvalue weighted by Crippen LogP contribution is 2.27. The lowest BCUT2D eigenvalue weighted by molar-refractivity contribution is 0.414. The number of hydrogen-bond donors (Lipinski definition) is 1. The van der Waals surface area contributed by atoms with E-state index in [-0.39, 0.29) is 9.92 Å². The number of methoxy groups -OCH3 is 1. The van der Waals surface area contributed by atoms with Crippen LogP contribution in [-0.4, -0.2) is 15.5 Å². The predicted molar refractivity (Wildman–Crippen MR) is 88.2 cm³/mol. The third-order valence-electron chi connectivity index (χ3n) is 3.14. The molecule has 0 aliphatic heterocycles. The summed E-state index contributed by atoms with van der Waals surface area (Å²) in [6.45, 7) is 1.76. The van der Waals surface area contributed by atoms with Crippen LogP contribution in [0.15, 0.2) is 47.4 Å². The highest BCUT2D eigenvalue weighted by Gasteiger charge is 2.19. The standard InChI is InChI=1S/C15H15Cl2NO3S/c1-10(11-3-5-12(16)6-4-11)18-22(19,20)13-7-8-15(21-2)14(17)9-13/h3-10,18H,1-2H3. The minimum atomic E-state index is -3.69. The minimum Gasteiger partial charge on any atom is -0.495 e. The number of ether oxygens (including phenoxy) is 1. The van der Waals surface area contributed by atoms with Crippen molar-refractivity contribution in [3.8, 4) is 5.75 Å². The van der Waals surface area contributed by atoms with Gasteiger partial charge in [0.15, 0.2) is 0 Å². The summed E-state index contributed by atoms with van der Waals surface area (Å²) in [7, 11) is -2.22. The molecule has 0 aromatic heterocycles. The Morgan fingerprint density at radius 1 is 1.09 bits per heavy atom. The molecule has 0 spiro atoms. The Bertz CT molecular complexity index is 761. The van der Waals surface area contributed by atoms with Crippen LogP contribution in [0.2, 0.25) is 10.0 Å². The summed E-state index contributed by atoms with van der Waals surface area (Å²) >= 11 is 11.8. The van der Waals surface area contributed by atoms with E-state index in [1.54, 1.807) is 31.2 Å². The van der Waals surface area contributed by atoms with E-state index >= 15 is 0 Å². The van der Waals surface area contributed by atoms with Crippen LogP contribution in [0, 0.1) is 0 Å². The third kappa shape index (κ3) is 3.93. The molecule has 0 heterocycles. The molecule has 2 aromatic carbocycles. The Morgan fingerprint density at radius 3 is 2.27 bits per heavy atom. The lowest BCUT2D eigenvalue weighted by Gasteiger charge is -2.15. The fourth-order valence-corrected chi connectivity index (χ4v) is 3.64. The minimum absolute atomic E-state index is 0.0825. The van der Waals surface area contributed by atoms with Crippen LogP contribution < -0.4 is 9.46 Å². The quantitative estimate of drug-likeness (QED) is 0.876. The summed E-state index contributed by atoms with van der Waals surface area (Å²) in [6, 6.07) is 10.9. The molecule has 0 saturated carbocycles. The second-order valence-electron chi connectivity index (χ2n) is 4.69. The highest BCUT2D eigenvalue weighted by atomic mass is 35.5. The second-order valence-corrected chi connectivity index (χ2v) is 7.25. The van der Waals surface area contributed by atoms with E-state index < -0.39 is 16.1 Å². The molecule has 0 amide bonds. The molecule has 0 aliphatic rings. The Kier molecular flexibility index (Phi) is 5.34. The summed E-state index contributed by atoms with van der Waals surface area (Å²) < 4.78 is 32.4. The van der Waals surface area contributed by atoms with Crippen molar-refractivity contribution in [1.29, 1.82) is 0 Å². The van der Waals surface area contributed by atoms with Crippen molar-refractivity contribution >= 4 is 33.2 Å². The van der Waals surface area contributed by atoms with Crippen LogP contribution in [0.1, 0.15) is 18.5 Å². The topological polar surface area (TPSA) is 55.4 Å². The molecule has 0 saturated heterocycles. The van der Waals surface area contributed by atoms with Gasteiger partial charge in [0.05, 0.1) is 17.0 Å². The van der Waals surface area contributed by atoms with E-state index in [1.165, 1.54) is 25.3 Å². The van der Waals surface area contributed by atoms with Gasteiger partial charge in [-0.25, -0.2) is 13.1 Å². The highest BCUT2D eigenvalue weighted by molar-refractivity contribution is 7.89. The number of nitrogens with one attached hydrogen (secondary N) is 1. The Hall–Kier alpha value is -1.27. The van der Waals surface area contributed by atoms with Crippen molar-refractivity contribution in [3.05, 3.63) is 58.1 Å². The second kappa shape index (κ2) is 6.87. The van der Waals surface area contributed by atoms with Gasteiger partial charge in [0.1, 0.15) is 5.75 Å². The maximum absolute atomic E-state index is 12.4. The van der Waals surface area contributed by atoms with E-state index in [0.717, 1.165) is 5.56 Å². The average Bonchev–Trinajstić information content (AvgIpc) is 2.47. The van der Waals surface area contributed by atoms with Crippen molar-refractivity contribution in [2.24, 2.45) is 0 Å². The molecule has 0 radical (unpaired) electrons. The fraction of sp³-hybridized carbons (Fsp3) is 0.200. The monoisotopic (exact) mass is 359 g/mol. The summed E-state index contributed by atoms with van der Waals surface area (Å²) in [5.41, 5.74) is 0.813. The molecular formula is C15H15Cl2NO3S. The molecule has 7 heteroatoms. The Balaban J connectivity index is 2.23. The normalized spacial score (nSPS) is 12.9. The number of sulfonamides is 1. The van der Waals surface area contributed by atoms with Crippen LogP contribution in [-0.2, 0) is 10.0 Å². The zero-order valence-electron chi connectivity index (χ0n) is 12.0.